The highest BCUT2D eigenvalue weighted by Crippen LogP contribution is 2.38. The predicted molar refractivity (Wildman–Crippen MR) is 115 cm³/mol. The molecule has 0 fully saturated rings. The van der Waals surface area contributed by atoms with Crippen LogP contribution in [-0.4, -0.2) is 20.1 Å². The van der Waals surface area contributed by atoms with Gasteiger partial charge in [0, 0.05) is 9.35 Å². The summed E-state index contributed by atoms with van der Waals surface area (Å²) in [6.45, 7) is 0. The van der Waals surface area contributed by atoms with Crippen molar-refractivity contribution < 1.29 is 14.3 Å². The second-order valence-corrected chi connectivity index (χ2v) is 8.34. The first kappa shape index (κ1) is 20.9. The minimum Gasteiger partial charge on any atom is -0.493 e. The summed E-state index contributed by atoms with van der Waals surface area (Å²) >= 11 is 4.85. The Kier molecular flexibility index (Phi) is 6.58. The van der Waals surface area contributed by atoms with Gasteiger partial charge in [0.2, 0.25) is 0 Å². The maximum Gasteiger partial charge on any atom is 0.266 e. The van der Waals surface area contributed by atoms with Crippen molar-refractivity contribution in [2.24, 2.45) is 0 Å². The van der Waals surface area contributed by atoms with E-state index in [1.54, 1.807) is 12.1 Å². The minimum atomic E-state index is -0.552. The number of rotatable bonds is 5. The molecule has 148 valence electrons. The smallest absolute Gasteiger partial charge is 0.266 e. The third kappa shape index (κ3) is 4.29. The van der Waals surface area contributed by atoms with Crippen LogP contribution in [0.25, 0.3) is 6.08 Å². The van der Waals surface area contributed by atoms with Crippen molar-refractivity contribution in [3.63, 3.8) is 0 Å². The molecule has 0 unspecified atom stereocenters. The number of nitrogens with one attached hydrogen (secondary N) is 1. The number of anilines is 1. The topological polar surface area (TPSA) is 95.1 Å². The molecule has 1 aliphatic rings. The molecule has 29 heavy (non-hydrogen) atoms. The predicted octanol–water partition coefficient (Wildman–Crippen LogP) is 4.82. The number of nitriles is 2. The summed E-state index contributed by atoms with van der Waals surface area (Å²) in [6.07, 6.45) is 5.38. The van der Waals surface area contributed by atoms with E-state index in [9.17, 15) is 15.3 Å². The molecule has 0 spiro atoms. The lowest BCUT2D eigenvalue weighted by Gasteiger charge is -2.10. The molecular formula is C21H18BrN3O3S. The number of aryl methyl sites for hydroxylation is 1. The number of methoxy groups -OCH3 is 2. The molecule has 0 aliphatic heterocycles. The Morgan fingerprint density at radius 2 is 1.90 bits per heavy atom. The molecule has 1 heterocycles. The minimum absolute atomic E-state index is 0.0758. The number of carbonyl (C=O) groups is 1. The lowest BCUT2D eigenvalue weighted by atomic mass is 9.96. The van der Waals surface area contributed by atoms with Gasteiger partial charge in [-0.05, 0) is 55.0 Å². The SMILES string of the molecule is COc1cc(Br)c(C=C(C#N)C(=O)Nc2sc3c(c2C#N)CCCC3)cc1OC. The molecule has 3 rings (SSSR count). The summed E-state index contributed by atoms with van der Waals surface area (Å²) in [4.78, 5) is 13.9. The quantitative estimate of drug-likeness (QED) is 0.497. The molecule has 0 atom stereocenters. The average molecular weight is 472 g/mol. The van der Waals surface area contributed by atoms with Gasteiger partial charge in [-0.1, -0.05) is 15.9 Å². The summed E-state index contributed by atoms with van der Waals surface area (Å²) in [7, 11) is 3.04. The number of nitrogens with zero attached hydrogens (tertiary/aromatic N) is 2. The molecule has 0 radical (unpaired) electrons. The van der Waals surface area contributed by atoms with E-state index in [1.807, 2.05) is 6.07 Å². The second kappa shape index (κ2) is 9.13. The normalized spacial score (nSPS) is 13.1. The largest absolute Gasteiger partial charge is 0.493 e. The number of ether oxygens (including phenoxy) is 2. The molecule has 8 heteroatoms. The number of carbonyl (C=O) groups excluding carboxylic acids is 1. The molecule has 0 saturated heterocycles. The fourth-order valence-corrected chi connectivity index (χ4v) is 4.90. The van der Waals surface area contributed by atoms with E-state index in [1.165, 1.54) is 31.6 Å². The van der Waals surface area contributed by atoms with E-state index in [4.69, 9.17) is 9.47 Å². The average Bonchev–Trinajstić information content (AvgIpc) is 3.09. The van der Waals surface area contributed by atoms with Gasteiger partial charge in [0.15, 0.2) is 11.5 Å². The number of hydrogen-bond donors (Lipinski definition) is 1. The van der Waals surface area contributed by atoms with Crippen LogP contribution in [0, 0.1) is 22.7 Å². The number of fused-ring (bicyclic) bond motifs is 1. The first-order chi connectivity index (χ1) is 14.0. The van der Waals surface area contributed by atoms with Crippen LogP contribution in [-0.2, 0) is 17.6 Å². The lowest BCUT2D eigenvalue weighted by molar-refractivity contribution is -0.112. The molecule has 0 bridgehead atoms. The van der Waals surface area contributed by atoms with Gasteiger partial charge >= 0.3 is 0 Å². The lowest BCUT2D eigenvalue weighted by Crippen LogP contribution is -2.13. The maximum absolute atomic E-state index is 12.7. The van der Waals surface area contributed by atoms with E-state index >= 15 is 0 Å². The monoisotopic (exact) mass is 471 g/mol. The molecule has 1 N–H and O–H groups in total. The van der Waals surface area contributed by atoms with Crippen molar-refractivity contribution in [3.05, 3.63) is 43.7 Å². The van der Waals surface area contributed by atoms with Crippen molar-refractivity contribution in [2.45, 2.75) is 25.7 Å². The Hall–Kier alpha value is -2.81. The zero-order valence-corrected chi connectivity index (χ0v) is 18.4. The molecule has 6 nitrogen and oxygen atoms in total. The standard InChI is InChI=1S/C21H18BrN3O3S/c1-27-17-8-12(16(22)9-18(17)28-2)7-13(10-23)20(26)25-21-15(11-24)14-5-3-4-6-19(14)29-21/h7-9H,3-6H2,1-2H3,(H,25,26). The van der Waals surface area contributed by atoms with Crippen molar-refractivity contribution >= 4 is 44.3 Å². The maximum atomic E-state index is 12.7. The highest BCUT2D eigenvalue weighted by atomic mass is 79.9. The number of thiophene rings is 1. The molecule has 0 saturated carbocycles. The van der Waals surface area contributed by atoms with Gasteiger partial charge < -0.3 is 14.8 Å². The molecule has 1 aromatic carbocycles. The Balaban J connectivity index is 1.92. The summed E-state index contributed by atoms with van der Waals surface area (Å²) in [5.74, 6) is 0.462. The van der Waals surface area contributed by atoms with E-state index in [0.29, 0.717) is 32.1 Å². The van der Waals surface area contributed by atoms with Gasteiger partial charge in [0.05, 0.1) is 19.8 Å². The van der Waals surface area contributed by atoms with Gasteiger partial charge in [-0.3, -0.25) is 4.79 Å². The molecule has 1 aliphatic carbocycles. The van der Waals surface area contributed by atoms with Crippen LogP contribution >= 0.6 is 27.3 Å². The van der Waals surface area contributed by atoms with Gasteiger partial charge in [-0.2, -0.15) is 10.5 Å². The van der Waals surface area contributed by atoms with E-state index in [-0.39, 0.29) is 5.57 Å². The second-order valence-electron chi connectivity index (χ2n) is 6.38. The Morgan fingerprint density at radius 3 is 2.55 bits per heavy atom. The number of benzene rings is 1. The summed E-state index contributed by atoms with van der Waals surface area (Å²) in [6, 6.07) is 7.53. The zero-order chi connectivity index (χ0) is 21.0. The van der Waals surface area contributed by atoms with Crippen LogP contribution < -0.4 is 14.8 Å². The summed E-state index contributed by atoms with van der Waals surface area (Å²) in [5, 5.41) is 22.3. The van der Waals surface area contributed by atoms with Crippen LogP contribution in [0.15, 0.2) is 22.2 Å². The summed E-state index contributed by atoms with van der Waals surface area (Å²) in [5.41, 5.74) is 2.07. The van der Waals surface area contributed by atoms with Crippen LogP contribution in [0.5, 0.6) is 11.5 Å². The molecular weight excluding hydrogens is 454 g/mol. The van der Waals surface area contributed by atoms with Gasteiger partial charge in [-0.15, -0.1) is 11.3 Å². The van der Waals surface area contributed by atoms with Crippen molar-refractivity contribution in [1.82, 2.24) is 0 Å². The Labute approximate surface area is 181 Å². The zero-order valence-electron chi connectivity index (χ0n) is 16.0. The van der Waals surface area contributed by atoms with Gasteiger partial charge in [0.1, 0.15) is 22.7 Å². The van der Waals surface area contributed by atoms with Gasteiger partial charge in [-0.25, -0.2) is 0 Å². The number of halogens is 1. The number of amides is 1. The third-order valence-electron chi connectivity index (χ3n) is 4.68. The Bertz CT molecular complexity index is 1080. The van der Waals surface area contributed by atoms with Gasteiger partial charge in [0.25, 0.3) is 5.91 Å². The first-order valence-electron chi connectivity index (χ1n) is 8.91. The van der Waals surface area contributed by atoms with Crippen LogP contribution in [0.2, 0.25) is 0 Å². The fourth-order valence-electron chi connectivity index (χ4n) is 3.23. The molecule has 1 amide bonds. The van der Waals surface area contributed by atoms with Crippen molar-refractivity contribution in [3.8, 4) is 23.6 Å². The Morgan fingerprint density at radius 1 is 1.21 bits per heavy atom. The molecule has 1 aromatic heterocycles. The highest BCUT2D eigenvalue weighted by molar-refractivity contribution is 9.10. The fraction of sp³-hybridized carbons (Fsp3) is 0.286. The van der Waals surface area contributed by atoms with Crippen LogP contribution in [0.1, 0.15) is 34.4 Å². The first-order valence-corrected chi connectivity index (χ1v) is 10.5. The third-order valence-corrected chi connectivity index (χ3v) is 6.57. The van der Waals surface area contributed by atoms with Crippen LogP contribution in [0.4, 0.5) is 5.00 Å². The van der Waals surface area contributed by atoms with E-state index in [0.717, 1.165) is 36.1 Å². The number of hydrogen-bond acceptors (Lipinski definition) is 6. The molecule has 2 aromatic rings. The van der Waals surface area contributed by atoms with E-state index < -0.39 is 5.91 Å². The highest BCUT2D eigenvalue weighted by Gasteiger charge is 2.23. The van der Waals surface area contributed by atoms with Crippen molar-refractivity contribution in [1.29, 1.82) is 10.5 Å². The summed E-state index contributed by atoms with van der Waals surface area (Å²) < 4.78 is 11.2. The van der Waals surface area contributed by atoms with Crippen LogP contribution in [0.3, 0.4) is 0 Å². The van der Waals surface area contributed by atoms with Crippen molar-refractivity contribution in [2.75, 3.05) is 19.5 Å². The van der Waals surface area contributed by atoms with E-state index in [2.05, 4.69) is 27.3 Å².